The molecule has 2 aliphatic rings. The van der Waals surface area contributed by atoms with Crippen LogP contribution in [0.15, 0.2) is 71.0 Å². The van der Waals surface area contributed by atoms with E-state index in [4.69, 9.17) is 5.73 Å². The van der Waals surface area contributed by atoms with Crippen molar-refractivity contribution in [3.8, 4) is 0 Å². The van der Waals surface area contributed by atoms with Crippen LogP contribution < -0.4 is 10.6 Å². The number of alkyl halides is 3. The zero-order valence-electron chi connectivity index (χ0n) is 18.7. The molecule has 0 radical (unpaired) electrons. The number of pyridine rings is 1. The molecule has 6 rings (SSSR count). The number of nitrogens with two attached hydrogens (primary N) is 1. The number of hydrogen-bond acceptors (Lipinski definition) is 6. The van der Waals surface area contributed by atoms with Gasteiger partial charge < -0.3 is 10.6 Å². The number of imidazole rings is 1. The van der Waals surface area contributed by atoms with Crippen molar-refractivity contribution in [3.05, 3.63) is 78.0 Å². The second-order valence-corrected chi connectivity index (χ2v) is 10.3. The van der Waals surface area contributed by atoms with Gasteiger partial charge in [-0.1, -0.05) is 36.0 Å². The van der Waals surface area contributed by atoms with Crippen LogP contribution in [0.5, 0.6) is 0 Å². The number of halogens is 3. The van der Waals surface area contributed by atoms with Crippen LogP contribution in [0.1, 0.15) is 35.7 Å². The Morgan fingerprint density at radius 3 is 2.54 bits per heavy atom. The fourth-order valence-electron chi connectivity index (χ4n) is 5.45. The maximum atomic E-state index is 13.4. The molecule has 2 N–H and O–H groups in total. The zero-order chi connectivity index (χ0) is 24.2. The van der Waals surface area contributed by atoms with E-state index in [1.807, 2.05) is 4.40 Å². The molecule has 0 amide bonds. The van der Waals surface area contributed by atoms with Gasteiger partial charge in [-0.25, -0.2) is 9.97 Å². The molecular formula is C25H23F3N6S. The molecule has 1 saturated heterocycles. The van der Waals surface area contributed by atoms with Crippen LogP contribution in [0.4, 0.5) is 19.1 Å². The average Bonchev–Trinajstić information content (AvgIpc) is 3.44. The van der Waals surface area contributed by atoms with Gasteiger partial charge in [0.2, 0.25) is 5.95 Å². The van der Waals surface area contributed by atoms with Crippen LogP contribution in [0.25, 0.3) is 5.65 Å². The van der Waals surface area contributed by atoms with Gasteiger partial charge in [0.15, 0.2) is 11.3 Å². The number of hydrogen-bond donors (Lipinski definition) is 1. The highest BCUT2D eigenvalue weighted by molar-refractivity contribution is 7.99. The first kappa shape index (κ1) is 22.4. The lowest BCUT2D eigenvalue weighted by Gasteiger charge is -2.42. The quantitative estimate of drug-likeness (QED) is 0.424. The molecule has 180 valence electrons. The van der Waals surface area contributed by atoms with E-state index in [9.17, 15) is 13.2 Å². The number of rotatable bonds is 3. The van der Waals surface area contributed by atoms with Gasteiger partial charge in [-0.05, 0) is 47.9 Å². The molecule has 1 spiro atoms. The van der Waals surface area contributed by atoms with Crippen molar-refractivity contribution in [3.63, 3.8) is 0 Å². The lowest BCUT2D eigenvalue weighted by atomic mass is 9.73. The van der Waals surface area contributed by atoms with Gasteiger partial charge in [0.05, 0.1) is 4.90 Å². The van der Waals surface area contributed by atoms with E-state index in [-0.39, 0.29) is 16.4 Å². The first-order valence-electron chi connectivity index (χ1n) is 11.5. The molecule has 1 aromatic carbocycles. The largest absolute Gasteiger partial charge is 0.434 e. The maximum Gasteiger partial charge on any atom is 0.434 e. The third-order valence-corrected chi connectivity index (χ3v) is 8.32. The fourth-order valence-corrected chi connectivity index (χ4v) is 6.45. The molecule has 1 aliphatic heterocycles. The summed E-state index contributed by atoms with van der Waals surface area (Å²) in [6.07, 6.45) is 4.56. The summed E-state index contributed by atoms with van der Waals surface area (Å²) in [5.41, 5.74) is 9.03. The monoisotopic (exact) mass is 496 g/mol. The van der Waals surface area contributed by atoms with Crippen molar-refractivity contribution < 1.29 is 13.2 Å². The minimum atomic E-state index is -4.53. The molecule has 0 saturated carbocycles. The molecule has 3 aromatic heterocycles. The van der Waals surface area contributed by atoms with E-state index >= 15 is 0 Å². The Morgan fingerprint density at radius 1 is 0.971 bits per heavy atom. The van der Waals surface area contributed by atoms with E-state index < -0.39 is 11.9 Å². The Bertz CT molecular complexity index is 1390. The molecule has 0 unspecified atom stereocenters. The predicted molar refractivity (Wildman–Crippen MR) is 127 cm³/mol. The minimum Gasteiger partial charge on any atom is -0.342 e. The van der Waals surface area contributed by atoms with Crippen molar-refractivity contribution in [2.75, 3.05) is 18.0 Å². The zero-order valence-corrected chi connectivity index (χ0v) is 19.6. The standard InChI is InChI=1S/C25H23F3N6S/c26-25(27,28)21-18(6-3-9-30-21)35-19-15-32-23(34-13-10-31-22(19)34)33-11-7-24(8-12-33)14-16-4-1-2-5-17(16)20(24)29/h1-6,9-10,13,15,20H,7-8,11-12,14,29H2/t20-/m1/s1. The normalized spacial score (nSPS) is 19.4. The van der Waals surface area contributed by atoms with Crippen LogP contribution in [-0.4, -0.2) is 32.4 Å². The van der Waals surface area contributed by atoms with E-state index in [1.54, 1.807) is 18.6 Å². The van der Waals surface area contributed by atoms with E-state index in [2.05, 4.69) is 44.1 Å². The molecule has 35 heavy (non-hydrogen) atoms. The lowest BCUT2D eigenvalue weighted by Crippen LogP contribution is -2.45. The van der Waals surface area contributed by atoms with Gasteiger partial charge in [0, 0.05) is 48.8 Å². The molecule has 4 heterocycles. The van der Waals surface area contributed by atoms with Crippen LogP contribution >= 0.6 is 11.8 Å². The number of fused-ring (bicyclic) bond motifs is 2. The van der Waals surface area contributed by atoms with Gasteiger partial charge >= 0.3 is 6.18 Å². The molecule has 0 bridgehead atoms. The van der Waals surface area contributed by atoms with Gasteiger partial charge in [-0.15, -0.1) is 0 Å². The summed E-state index contributed by atoms with van der Waals surface area (Å²) in [4.78, 5) is 15.4. The molecule has 4 aromatic rings. The van der Waals surface area contributed by atoms with Gasteiger partial charge in [0.1, 0.15) is 0 Å². The molecule has 1 aliphatic carbocycles. The van der Waals surface area contributed by atoms with Crippen LogP contribution in [-0.2, 0) is 12.6 Å². The van der Waals surface area contributed by atoms with E-state index in [0.717, 1.165) is 56.3 Å². The lowest BCUT2D eigenvalue weighted by molar-refractivity contribution is -0.143. The summed E-state index contributed by atoms with van der Waals surface area (Å²) < 4.78 is 42.1. The summed E-state index contributed by atoms with van der Waals surface area (Å²) in [5.74, 6) is 0.739. The fraction of sp³-hybridized carbons (Fsp3) is 0.320. The van der Waals surface area contributed by atoms with Crippen molar-refractivity contribution in [2.24, 2.45) is 11.1 Å². The molecule has 10 heteroatoms. The Labute approximate surface area is 204 Å². The number of aromatic nitrogens is 4. The Balaban J connectivity index is 1.26. The molecule has 1 atom stereocenters. The van der Waals surface area contributed by atoms with E-state index in [1.165, 1.54) is 23.3 Å². The average molecular weight is 497 g/mol. The van der Waals surface area contributed by atoms with Crippen molar-refractivity contribution in [2.45, 2.75) is 41.3 Å². The van der Waals surface area contributed by atoms with Crippen molar-refractivity contribution in [1.82, 2.24) is 19.4 Å². The summed E-state index contributed by atoms with van der Waals surface area (Å²) in [7, 11) is 0. The Kier molecular flexibility index (Phi) is 5.26. The summed E-state index contributed by atoms with van der Waals surface area (Å²) in [6, 6.07) is 11.4. The number of piperidine rings is 1. The number of nitrogens with zero attached hydrogens (tertiary/aromatic N) is 5. The van der Waals surface area contributed by atoms with Crippen LogP contribution in [0.3, 0.4) is 0 Å². The second-order valence-electron chi connectivity index (χ2n) is 9.20. The third kappa shape index (κ3) is 3.75. The molecule has 1 fully saturated rings. The Hall–Kier alpha value is -3.11. The SMILES string of the molecule is N[C@@H]1c2ccccc2CC12CCN(c1ncc(Sc3cccnc3C(F)(F)F)c3nccn13)CC2. The first-order chi connectivity index (χ1) is 16.9. The Morgan fingerprint density at radius 2 is 1.77 bits per heavy atom. The van der Waals surface area contributed by atoms with Gasteiger partial charge in [0.25, 0.3) is 0 Å². The van der Waals surface area contributed by atoms with Crippen molar-refractivity contribution in [1.29, 1.82) is 0 Å². The van der Waals surface area contributed by atoms with E-state index in [0.29, 0.717) is 10.5 Å². The second kappa shape index (κ2) is 8.23. The number of benzene rings is 1. The summed E-state index contributed by atoms with van der Waals surface area (Å²) in [5, 5.41) is 0. The predicted octanol–water partition coefficient (Wildman–Crippen LogP) is 5.14. The van der Waals surface area contributed by atoms with Crippen molar-refractivity contribution >= 4 is 23.4 Å². The van der Waals surface area contributed by atoms with Crippen LogP contribution in [0, 0.1) is 5.41 Å². The molecule has 6 nitrogen and oxygen atoms in total. The first-order valence-corrected chi connectivity index (χ1v) is 12.3. The van der Waals surface area contributed by atoms with Gasteiger partial charge in [-0.3, -0.25) is 9.38 Å². The highest BCUT2D eigenvalue weighted by Gasteiger charge is 2.46. The summed E-state index contributed by atoms with van der Waals surface area (Å²) >= 11 is 0.976. The molecular weight excluding hydrogens is 473 g/mol. The third-order valence-electron chi connectivity index (χ3n) is 7.27. The topological polar surface area (TPSA) is 72.3 Å². The highest BCUT2D eigenvalue weighted by Crippen LogP contribution is 2.51. The number of anilines is 1. The summed E-state index contributed by atoms with van der Waals surface area (Å²) in [6.45, 7) is 1.60. The minimum absolute atomic E-state index is 0.0224. The maximum absolute atomic E-state index is 13.4. The van der Waals surface area contributed by atoms with Gasteiger partial charge in [-0.2, -0.15) is 13.2 Å². The smallest absolute Gasteiger partial charge is 0.342 e. The van der Waals surface area contributed by atoms with Crippen LogP contribution in [0.2, 0.25) is 0 Å². The highest BCUT2D eigenvalue weighted by atomic mass is 32.2.